The summed E-state index contributed by atoms with van der Waals surface area (Å²) in [5, 5.41) is 0. The predicted molar refractivity (Wildman–Crippen MR) is 121 cm³/mol. The molecule has 1 heteroatoms. The molecule has 4 aromatic carbocycles. The molecule has 0 unspecified atom stereocenters. The van der Waals surface area contributed by atoms with Crippen LogP contribution in [0.4, 0.5) is 0 Å². The zero-order chi connectivity index (χ0) is 19.4. The smallest absolute Gasteiger partial charge is 0.0765 e. The first-order chi connectivity index (χ1) is 14.3. The lowest BCUT2D eigenvalue weighted by Crippen LogP contribution is -2.41. The molecule has 0 aromatic heterocycles. The van der Waals surface area contributed by atoms with Crippen molar-refractivity contribution in [1.82, 2.24) is 0 Å². The van der Waals surface area contributed by atoms with Gasteiger partial charge in [-0.05, 0) is 57.6 Å². The molecule has 3 aliphatic carbocycles. The van der Waals surface area contributed by atoms with Crippen LogP contribution in [0.2, 0.25) is 0 Å². The van der Waals surface area contributed by atoms with Gasteiger partial charge in [0, 0.05) is 16.0 Å². The Labute approximate surface area is 179 Å². The van der Waals surface area contributed by atoms with Crippen LogP contribution >= 0.6 is 15.9 Å². The van der Waals surface area contributed by atoms with Gasteiger partial charge in [0.2, 0.25) is 0 Å². The lowest BCUT2D eigenvalue weighted by Gasteiger charge is -2.48. The second-order valence-electron chi connectivity index (χ2n) is 7.70. The van der Waals surface area contributed by atoms with E-state index in [2.05, 4.69) is 125 Å². The Balaban J connectivity index is 1.72. The van der Waals surface area contributed by atoms with E-state index in [-0.39, 0.29) is 5.92 Å². The first-order valence-electron chi connectivity index (χ1n) is 9.86. The number of hydrogen-bond donors (Lipinski definition) is 0. The van der Waals surface area contributed by atoms with Gasteiger partial charge in [-0.15, -0.1) is 0 Å². The highest BCUT2D eigenvalue weighted by molar-refractivity contribution is 9.10. The molecule has 3 aliphatic rings. The average molecular weight is 433 g/mol. The van der Waals surface area contributed by atoms with Crippen LogP contribution in [0, 0.1) is 11.8 Å². The SMILES string of the molecule is Brc1ccc(C#CC23c4ccccc4C(c4ccccc42)c2ccccc23)cc1. The molecule has 136 valence electrons. The van der Waals surface area contributed by atoms with Crippen molar-refractivity contribution in [2.75, 3.05) is 0 Å². The van der Waals surface area contributed by atoms with Crippen molar-refractivity contribution in [1.29, 1.82) is 0 Å². The van der Waals surface area contributed by atoms with Gasteiger partial charge in [-0.3, -0.25) is 0 Å². The van der Waals surface area contributed by atoms with Gasteiger partial charge in [0.15, 0.2) is 0 Å². The topological polar surface area (TPSA) is 0 Å². The highest BCUT2D eigenvalue weighted by Gasteiger charge is 2.50. The fourth-order valence-corrected chi connectivity index (χ4v) is 5.37. The standard InChI is InChI=1S/C28H17Br/c29-20-15-13-19(14-16-20)17-18-28-24-10-4-1-7-21(24)27(22-8-2-5-11-25(22)28)23-9-3-6-12-26(23)28/h1-16,27H. The van der Waals surface area contributed by atoms with E-state index in [1.807, 2.05) is 0 Å². The molecule has 0 spiro atoms. The molecule has 29 heavy (non-hydrogen) atoms. The molecule has 2 bridgehead atoms. The third-order valence-electron chi connectivity index (χ3n) is 6.27. The molecule has 0 fully saturated rings. The molecular formula is C28H17Br. The Morgan fingerprint density at radius 3 is 1.52 bits per heavy atom. The summed E-state index contributed by atoms with van der Waals surface area (Å²) in [6, 6.07) is 34.8. The van der Waals surface area contributed by atoms with Gasteiger partial charge in [0.25, 0.3) is 0 Å². The first-order valence-corrected chi connectivity index (χ1v) is 10.7. The number of rotatable bonds is 0. The van der Waals surface area contributed by atoms with Gasteiger partial charge in [0.05, 0.1) is 0 Å². The van der Waals surface area contributed by atoms with E-state index in [9.17, 15) is 0 Å². The maximum Gasteiger partial charge on any atom is 0.107 e. The van der Waals surface area contributed by atoms with Crippen LogP contribution < -0.4 is 0 Å². The van der Waals surface area contributed by atoms with Gasteiger partial charge in [-0.25, -0.2) is 0 Å². The second kappa shape index (κ2) is 6.21. The summed E-state index contributed by atoms with van der Waals surface area (Å²) in [4.78, 5) is 0. The largest absolute Gasteiger partial charge is 0.107 e. The van der Waals surface area contributed by atoms with Crippen LogP contribution in [-0.2, 0) is 5.41 Å². The average Bonchev–Trinajstić information content (AvgIpc) is 2.79. The Morgan fingerprint density at radius 1 is 0.586 bits per heavy atom. The van der Waals surface area contributed by atoms with Gasteiger partial charge < -0.3 is 0 Å². The Kier molecular flexibility index (Phi) is 3.60. The van der Waals surface area contributed by atoms with Crippen LogP contribution in [0.1, 0.15) is 44.9 Å². The fraction of sp³-hybridized carbons (Fsp3) is 0.0714. The number of halogens is 1. The van der Waals surface area contributed by atoms with Crippen molar-refractivity contribution in [2.45, 2.75) is 11.3 Å². The van der Waals surface area contributed by atoms with Crippen molar-refractivity contribution >= 4 is 15.9 Å². The molecule has 0 aliphatic heterocycles. The van der Waals surface area contributed by atoms with E-state index in [1.54, 1.807) is 0 Å². The fourth-order valence-electron chi connectivity index (χ4n) is 5.11. The summed E-state index contributed by atoms with van der Waals surface area (Å²) in [5.41, 5.74) is 8.72. The van der Waals surface area contributed by atoms with Gasteiger partial charge in [-0.1, -0.05) is 101 Å². The number of benzene rings is 4. The van der Waals surface area contributed by atoms with Crippen LogP contribution in [-0.4, -0.2) is 0 Å². The summed E-state index contributed by atoms with van der Waals surface area (Å²) < 4.78 is 1.07. The van der Waals surface area contributed by atoms with Crippen molar-refractivity contribution in [3.8, 4) is 11.8 Å². The van der Waals surface area contributed by atoms with E-state index in [4.69, 9.17) is 0 Å². The van der Waals surface area contributed by atoms with E-state index < -0.39 is 5.41 Å². The molecule has 4 aromatic rings. The summed E-state index contributed by atoms with van der Waals surface area (Å²) >= 11 is 3.52. The number of hydrogen-bond acceptors (Lipinski definition) is 0. The third kappa shape index (κ3) is 2.27. The molecule has 0 heterocycles. The van der Waals surface area contributed by atoms with E-state index in [0.29, 0.717) is 0 Å². The normalized spacial score (nSPS) is 20.1. The van der Waals surface area contributed by atoms with E-state index >= 15 is 0 Å². The van der Waals surface area contributed by atoms with Crippen LogP contribution in [0.3, 0.4) is 0 Å². The Morgan fingerprint density at radius 2 is 1.03 bits per heavy atom. The molecule has 0 N–H and O–H groups in total. The van der Waals surface area contributed by atoms with Crippen molar-refractivity contribution in [3.63, 3.8) is 0 Å². The molecule has 0 saturated heterocycles. The zero-order valence-electron chi connectivity index (χ0n) is 15.7. The summed E-state index contributed by atoms with van der Waals surface area (Å²) in [6.45, 7) is 0. The van der Waals surface area contributed by atoms with Crippen LogP contribution in [0.25, 0.3) is 0 Å². The molecular weight excluding hydrogens is 416 g/mol. The molecule has 0 amide bonds. The predicted octanol–water partition coefficient (Wildman–Crippen LogP) is 6.64. The maximum absolute atomic E-state index is 3.76. The lowest BCUT2D eigenvalue weighted by atomic mass is 9.53. The molecule has 0 radical (unpaired) electrons. The van der Waals surface area contributed by atoms with Gasteiger partial charge in [-0.2, -0.15) is 0 Å². The van der Waals surface area contributed by atoms with E-state index in [1.165, 1.54) is 33.4 Å². The van der Waals surface area contributed by atoms with Crippen LogP contribution in [0.5, 0.6) is 0 Å². The van der Waals surface area contributed by atoms with Crippen molar-refractivity contribution in [2.24, 2.45) is 0 Å². The molecule has 0 atom stereocenters. The summed E-state index contributed by atoms with van der Waals surface area (Å²) in [7, 11) is 0. The summed E-state index contributed by atoms with van der Waals surface area (Å²) in [6.07, 6.45) is 0. The monoisotopic (exact) mass is 432 g/mol. The highest BCUT2D eigenvalue weighted by atomic mass is 79.9. The lowest BCUT2D eigenvalue weighted by molar-refractivity contribution is 0.666. The summed E-state index contributed by atoms with van der Waals surface area (Å²) in [5.74, 6) is 7.56. The van der Waals surface area contributed by atoms with Crippen molar-refractivity contribution < 1.29 is 0 Å². The maximum atomic E-state index is 3.76. The minimum absolute atomic E-state index is 0.287. The second-order valence-corrected chi connectivity index (χ2v) is 8.62. The third-order valence-corrected chi connectivity index (χ3v) is 6.79. The zero-order valence-corrected chi connectivity index (χ0v) is 17.3. The minimum atomic E-state index is -0.439. The minimum Gasteiger partial charge on any atom is -0.0765 e. The Bertz CT molecular complexity index is 1200. The van der Waals surface area contributed by atoms with E-state index in [0.717, 1.165) is 10.0 Å². The molecule has 7 rings (SSSR count). The van der Waals surface area contributed by atoms with Crippen LogP contribution in [0.15, 0.2) is 102 Å². The van der Waals surface area contributed by atoms with Gasteiger partial charge in [0.1, 0.15) is 5.41 Å². The Hall–Kier alpha value is -3.08. The molecule has 0 saturated carbocycles. The van der Waals surface area contributed by atoms with Gasteiger partial charge >= 0.3 is 0 Å². The highest BCUT2D eigenvalue weighted by Crippen LogP contribution is 2.58. The first kappa shape index (κ1) is 16.8. The quantitative estimate of drug-likeness (QED) is 0.273. The molecule has 0 nitrogen and oxygen atoms in total. The van der Waals surface area contributed by atoms with Crippen molar-refractivity contribution in [3.05, 3.63) is 140 Å².